The molecule has 0 unspecified atom stereocenters. The van der Waals surface area contributed by atoms with Crippen LogP contribution in [0.4, 0.5) is 4.39 Å². The SMILES string of the molecule is O=C(O)c1ccc(Oc2ccc(F)c(Cl)c2)cc1. The number of carboxylic acids is 1. The van der Waals surface area contributed by atoms with Gasteiger partial charge in [0.2, 0.25) is 0 Å². The van der Waals surface area contributed by atoms with Crippen molar-refractivity contribution in [1.82, 2.24) is 0 Å². The second-order valence-electron chi connectivity index (χ2n) is 3.51. The van der Waals surface area contributed by atoms with Gasteiger partial charge in [-0.3, -0.25) is 0 Å². The molecule has 0 aliphatic heterocycles. The molecule has 92 valence electrons. The Morgan fingerprint density at radius 1 is 1.11 bits per heavy atom. The van der Waals surface area contributed by atoms with Crippen LogP contribution in [0.3, 0.4) is 0 Å². The molecule has 18 heavy (non-hydrogen) atoms. The van der Waals surface area contributed by atoms with Crippen LogP contribution in [0.15, 0.2) is 42.5 Å². The maximum Gasteiger partial charge on any atom is 0.335 e. The second kappa shape index (κ2) is 5.06. The highest BCUT2D eigenvalue weighted by atomic mass is 35.5. The van der Waals surface area contributed by atoms with E-state index < -0.39 is 11.8 Å². The normalized spacial score (nSPS) is 10.1. The molecule has 2 aromatic carbocycles. The van der Waals surface area contributed by atoms with Gasteiger partial charge in [-0.2, -0.15) is 0 Å². The molecule has 0 radical (unpaired) electrons. The van der Waals surface area contributed by atoms with E-state index in [0.29, 0.717) is 11.5 Å². The van der Waals surface area contributed by atoms with Gasteiger partial charge in [0.1, 0.15) is 17.3 Å². The zero-order valence-corrected chi connectivity index (χ0v) is 9.82. The van der Waals surface area contributed by atoms with Crippen LogP contribution < -0.4 is 4.74 Å². The third kappa shape index (κ3) is 2.78. The van der Waals surface area contributed by atoms with Crippen LogP contribution in [0.2, 0.25) is 5.02 Å². The van der Waals surface area contributed by atoms with Crippen molar-refractivity contribution in [3.8, 4) is 11.5 Å². The Balaban J connectivity index is 2.18. The van der Waals surface area contributed by atoms with Gasteiger partial charge in [0, 0.05) is 6.07 Å². The molecule has 2 rings (SSSR count). The van der Waals surface area contributed by atoms with Crippen molar-refractivity contribution in [3.05, 3.63) is 58.9 Å². The molecule has 2 aromatic rings. The molecule has 0 aromatic heterocycles. The largest absolute Gasteiger partial charge is 0.478 e. The highest BCUT2D eigenvalue weighted by Crippen LogP contribution is 2.26. The van der Waals surface area contributed by atoms with Crippen molar-refractivity contribution >= 4 is 17.6 Å². The molecule has 1 N–H and O–H groups in total. The third-order valence-electron chi connectivity index (χ3n) is 2.23. The van der Waals surface area contributed by atoms with E-state index in [1.807, 2.05) is 0 Å². The van der Waals surface area contributed by atoms with Crippen molar-refractivity contribution in [1.29, 1.82) is 0 Å². The fourth-order valence-corrected chi connectivity index (χ4v) is 1.51. The number of rotatable bonds is 3. The zero-order valence-electron chi connectivity index (χ0n) is 9.06. The predicted octanol–water partition coefficient (Wildman–Crippen LogP) is 3.97. The van der Waals surface area contributed by atoms with E-state index in [1.165, 1.54) is 42.5 Å². The van der Waals surface area contributed by atoms with Crippen molar-refractivity contribution in [2.75, 3.05) is 0 Å². The lowest BCUT2D eigenvalue weighted by atomic mass is 10.2. The Bertz CT molecular complexity index is 581. The number of halogens is 2. The lowest BCUT2D eigenvalue weighted by molar-refractivity contribution is 0.0697. The molecular weight excluding hydrogens is 259 g/mol. The fourth-order valence-electron chi connectivity index (χ4n) is 1.34. The van der Waals surface area contributed by atoms with Crippen molar-refractivity contribution in [3.63, 3.8) is 0 Å². The monoisotopic (exact) mass is 266 g/mol. The number of carbonyl (C=O) groups is 1. The first-order chi connectivity index (χ1) is 8.56. The van der Waals surface area contributed by atoms with Gasteiger partial charge >= 0.3 is 5.97 Å². The number of ether oxygens (including phenoxy) is 1. The Labute approximate surface area is 107 Å². The van der Waals surface area contributed by atoms with Crippen LogP contribution in [-0.4, -0.2) is 11.1 Å². The standard InChI is InChI=1S/C13H8ClFO3/c14-11-7-10(5-6-12(11)15)18-9-3-1-8(2-4-9)13(16)17/h1-7H,(H,16,17). The minimum Gasteiger partial charge on any atom is -0.478 e. The van der Waals surface area contributed by atoms with Gasteiger partial charge in [0.05, 0.1) is 10.6 Å². The topological polar surface area (TPSA) is 46.5 Å². The van der Waals surface area contributed by atoms with E-state index >= 15 is 0 Å². The molecule has 0 fully saturated rings. The minimum absolute atomic E-state index is 0.0327. The highest BCUT2D eigenvalue weighted by molar-refractivity contribution is 6.30. The quantitative estimate of drug-likeness (QED) is 0.914. The summed E-state index contributed by atoms with van der Waals surface area (Å²) < 4.78 is 18.3. The Hall–Kier alpha value is -2.07. The number of hydrogen-bond acceptors (Lipinski definition) is 2. The van der Waals surface area contributed by atoms with E-state index in [9.17, 15) is 9.18 Å². The first kappa shape index (κ1) is 12.4. The predicted molar refractivity (Wildman–Crippen MR) is 64.9 cm³/mol. The Morgan fingerprint density at radius 2 is 1.72 bits per heavy atom. The third-order valence-corrected chi connectivity index (χ3v) is 2.52. The number of hydrogen-bond donors (Lipinski definition) is 1. The van der Waals surface area contributed by atoms with E-state index in [0.717, 1.165) is 0 Å². The molecule has 0 heterocycles. The van der Waals surface area contributed by atoms with Crippen LogP contribution >= 0.6 is 11.6 Å². The molecule has 0 bridgehead atoms. The molecule has 5 heteroatoms. The summed E-state index contributed by atoms with van der Waals surface area (Å²) >= 11 is 5.61. The van der Waals surface area contributed by atoms with E-state index in [1.54, 1.807) is 0 Å². The zero-order chi connectivity index (χ0) is 13.1. The molecule has 0 aliphatic carbocycles. The molecule has 0 atom stereocenters. The fraction of sp³-hybridized carbons (Fsp3) is 0. The number of benzene rings is 2. The smallest absolute Gasteiger partial charge is 0.335 e. The van der Waals surface area contributed by atoms with Gasteiger partial charge in [-0.15, -0.1) is 0 Å². The summed E-state index contributed by atoms with van der Waals surface area (Å²) in [5, 5.41) is 8.70. The minimum atomic E-state index is -1.01. The molecule has 0 saturated heterocycles. The summed E-state index contributed by atoms with van der Waals surface area (Å²) in [4.78, 5) is 10.7. The average molecular weight is 267 g/mol. The first-order valence-corrected chi connectivity index (χ1v) is 5.40. The molecule has 0 saturated carbocycles. The van der Waals surface area contributed by atoms with Crippen LogP contribution in [0, 0.1) is 5.82 Å². The summed E-state index contributed by atoms with van der Waals surface area (Å²) in [5.41, 5.74) is 0.166. The van der Waals surface area contributed by atoms with Gasteiger partial charge < -0.3 is 9.84 Å². The lowest BCUT2D eigenvalue weighted by Gasteiger charge is -2.06. The maximum atomic E-state index is 12.9. The molecule has 0 spiro atoms. The highest BCUT2D eigenvalue weighted by Gasteiger charge is 2.05. The maximum absolute atomic E-state index is 12.9. The molecule has 0 aliphatic rings. The molecular formula is C13H8ClFO3. The van der Waals surface area contributed by atoms with Gasteiger partial charge in [-0.1, -0.05) is 11.6 Å². The lowest BCUT2D eigenvalue weighted by Crippen LogP contribution is -1.95. The van der Waals surface area contributed by atoms with Crippen LogP contribution in [0.5, 0.6) is 11.5 Å². The van der Waals surface area contributed by atoms with Gasteiger partial charge in [-0.25, -0.2) is 9.18 Å². The summed E-state index contributed by atoms with van der Waals surface area (Å²) in [6.07, 6.45) is 0. The van der Waals surface area contributed by atoms with E-state index in [-0.39, 0.29) is 10.6 Å². The van der Waals surface area contributed by atoms with Crippen LogP contribution in [-0.2, 0) is 0 Å². The molecule has 0 amide bonds. The van der Waals surface area contributed by atoms with Crippen LogP contribution in [0.1, 0.15) is 10.4 Å². The Kier molecular flexibility index (Phi) is 3.48. The summed E-state index contributed by atoms with van der Waals surface area (Å²) in [6, 6.07) is 9.85. The van der Waals surface area contributed by atoms with Gasteiger partial charge in [0.25, 0.3) is 0 Å². The number of carboxylic acid groups (broad SMARTS) is 1. The van der Waals surface area contributed by atoms with Crippen molar-refractivity contribution in [2.45, 2.75) is 0 Å². The summed E-state index contributed by atoms with van der Waals surface area (Å²) in [6.45, 7) is 0. The van der Waals surface area contributed by atoms with Crippen molar-refractivity contribution < 1.29 is 19.0 Å². The van der Waals surface area contributed by atoms with Gasteiger partial charge in [-0.05, 0) is 36.4 Å². The van der Waals surface area contributed by atoms with Crippen molar-refractivity contribution in [2.24, 2.45) is 0 Å². The first-order valence-electron chi connectivity index (χ1n) is 5.02. The molecule has 3 nitrogen and oxygen atoms in total. The van der Waals surface area contributed by atoms with E-state index in [4.69, 9.17) is 21.4 Å². The Morgan fingerprint density at radius 3 is 2.28 bits per heavy atom. The summed E-state index contributed by atoms with van der Waals surface area (Å²) in [5.74, 6) is -0.705. The number of aromatic carboxylic acids is 1. The van der Waals surface area contributed by atoms with Gasteiger partial charge in [0.15, 0.2) is 0 Å². The second-order valence-corrected chi connectivity index (χ2v) is 3.91. The average Bonchev–Trinajstić information content (AvgIpc) is 2.34. The van der Waals surface area contributed by atoms with E-state index in [2.05, 4.69) is 0 Å². The van der Waals surface area contributed by atoms with Crippen LogP contribution in [0.25, 0.3) is 0 Å². The summed E-state index contributed by atoms with van der Waals surface area (Å²) in [7, 11) is 0.